The monoisotopic (exact) mass is 419 g/mol. The predicted molar refractivity (Wildman–Crippen MR) is 118 cm³/mol. The SMILES string of the molecule is Cc1ccc(S(=O)(=O)N2[C@H](COCc3ccccc3)C=C[C@H]2c2ccccc2)cc1. The van der Waals surface area contributed by atoms with E-state index in [2.05, 4.69) is 0 Å². The van der Waals surface area contributed by atoms with Crippen molar-refractivity contribution in [1.82, 2.24) is 4.31 Å². The van der Waals surface area contributed by atoms with E-state index in [4.69, 9.17) is 4.74 Å². The zero-order valence-corrected chi connectivity index (χ0v) is 17.7. The first kappa shape index (κ1) is 20.5. The minimum atomic E-state index is -3.71. The number of sulfonamides is 1. The van der Waals surface area contributed by atoms with Crippen LogP contribution in [0.4, 0.5) is 0 Å². The van der Waals surface area contributed by atoms with E-state index in [0.29, 0.717) is 18.1 Å². The number of hydrogen-bond donors (Lipinski definition) is 0. The number of aryl methyl sites for hydroxylation is 1. The van der Waals surface area contributed by atoms with E-state index < -0.39 is 10.0 Å². The zero-order chi connectivity index (χ0) is 21.0. The summed E-state index contributed by atoms with van der Waals surface area (Å²) >= 11 is 0. The van der Waals surface area contributed by atoms with Crippen molar-refractivity contribution in [3.05, 3.63) is 114 Å². The number of ether oxygens (including phenoxy) is 1. The third kappa shape index (κ3) is 4.38. The number of rotatable bonds is 7. The molecule has 1 heterocycles. The van der Waals surface area contributed by atoms with Crippen LogP contribution in [0.3, 0.4) is 0 Å². The summed E-state index contributed by atoms with van der Waals surface area (Å²) < 4.78 is 34.7. The van der Waals surface area contributed by atoms with Crippen molar-refractivity contribution in [1.29, 1.82) is 0 Å². The molecule has 2 atom stereocenters. The lowest BCUT2D eigenvalue weighted by atomic mass is 10.1. The average Bonchev–Trinajstić information content (AvgIpc) is 3.20. The second-order valence-electron chi connectivity index (χ2n) is 7.46. The molecule has 0 N–H and O–H groups in total. The van der Waals surface area contributed by atoms with Crippen molar-refractivity contribution in [2.45, 2.75) is 30.5 Å². The number of hydrogen-bond acceptors (Lipinski definition) is 3. The number of benzene rings is 3. The molecule has 0 aliphatic carbocycles. The van der Waals surface area contributed by atoms with Gasteiger partial charge in [0.2, 0.25) is 10.0 Å². The topological polar surface area (TPSA) is 46.6 Å². The highest BCUT2D eigenvalue weighted by Crippen LogP contribution is 2.36. The second-order valence-corrected chi connectivity index (χ2v) is 9.30. The van der Waals surface area contributed by atoms with Crippen molar-refractivity contribution < 1.29 is 13.2 Å². The Morgan fingerprint density at radius 3 is 2.13 bits per heavy atom. The maximum absolute atomic E-state index is 13.6. The van der Waals surface area contributed by atoms with Crippen LogP contribution in [0.25, 0.3) is 0 Å². The first-order chi connectivity index (χ1) is 14.6. The fraction of sp³-hybridized carbons (Fsp3) is 0.200. The first-order valence-electron chi connectivity index (χ1n) is 10.0. The van der Waals surface area contributed by atoms with Gasteiger partial charge in [-0.15, -0.1) is 0 Å². The van der Waals surface area contributed by atoms with Gasteiger partial charge in [0.15, 0.2) is 0 Å². The van der Waals surface area contributed by atoms with E-state index in [1.807, 2.05) is 91.9 Å². The molecule has 0 saturated heterocycles. The van der Waals surface area contributed by atoms with Crippen LogP contribution in [0.5, 0.6) is 0 Å². The quantitative estimate of drug-likeness (QED) is 0.513. The lowest BCUT2D eigenvalue weighted by molar-refractivity contribution is 0.0905. The van der Waals surface area contributed by atoms with Gasteiger partial charge in [0.1, 0.15) is 0 Å². The molecule has 0 aromatic heterocycles. The summed E-state index contributed by atoms with van der Waals surface area (Å²) in [5, 5.41) is 0. The van der Waals surface area contributed by atoms with E-state index in [1.165, 1.54) is 0 Å². The molecule has 0 fully saturated rings. The van der Waals surface area contributed by atoms with Crippen LogP contribution in [-0.4, -0.2) is 25.4 Å². The van der Waals surface area contributed by atoms with Gasteiger partial charge in [-0.05, 0) is 30.2 Å². The zero-order valence-electron chi connectivity index (χ0n) is 16.9. The van der Waals surface area contributed by atoms with Gasteiger partial charge in [-0.2, -0.15) is 4.31 Å². The van der Waals surface area contributed by atoms with Gasteiger partial charge >= 0.3 is 0 Å². The molecule has 3 aromatic carbocycles. The summed E-state index contributed by atoms with van der Waals surface area (Å²) in [4.78, 5) is 0.297. The van der Waals surface area contributed by atoms with Crippen LogP contribution in [0, 0.1) is 6.92 Å². The third-order valence-corrected chi connectivity index (χ3v) is 7.18. The van der Waals surface area contributed by atoms with Gasteiger partial charge in [-0.25, -0.2) is 8.42 Å². The third-order valence-electron chi connectivity index (χ3n) is 5.25. The largest absolute Gasteiger partial charge is 0.375 e. The smallest absolute Gasteiger partial charge is 0.244 e. The van der Waals surface area contributed by atoms with Crippen molar-refractivity contribution in [2.75, 3.05) is 6.61 Å². The minimum Gasteiger partial charge on any atom is -0.375 e. The maximum atomic E-state index is 13.6. The molecule has 1 aliphatic heterocycles. The van der Waals surface area contributed by atoms with Crippen LogP contribution >= 0.6 is 0 Å². The standard InChI is InChI=1S/C25H25NO3S/c1-20-12-15-24(16-13-20)30(27,28)26-23(19-29-18-21-8-4-2-5-9-21)14-17-25(26)22-10-6-3-7-11-22/h2-17,23,25H,18-19H2,1H3/t23-,25-/m0/s1. The van der Waals surface area contributed by atoms with Gasteiger partial charge in [0.05, 0.1) is 30.2 Å². The number of nitrogens with zero attached hydrogens (tertiary/aromatic N) is 1. The Labute approximate surface area is 178 Å². The Hall–Kier alpha value is -2.73. The molecular weight excluding hydrogens is 394 g/mol. The summed E-state index contributed by atoms with van der Waals surface area (Å²) in [6, 6.07) is 25.9. The summed E-state index contributed by atoms with van der Waals surface area (Å²) in [5.74, 6) is 0. The van der Waals surface area contributed by atoms with E-state index >= 15 is 0 Å². The average molecular weight is 420 g/mol. The Bertz CT molecular complexity index is 1090. The van der Waals surface area contributed by atoms with E-state index in [-0.39, 0.29) is 12.1 Å². The molecule has 154 valence electrons. The van der Waals surface area contributed by atoms with Gasteiger partial charge in [0, 0.05) is 0 Å². The molecule has 0 saturated carbocycles. The Morgan fingerprint density at radius 1 is 0.833 bits per heavy atom. The van der Waals surface area contributed by atoms with E-state index in [0.717, 1.165) is 16.7 Å². The summed E-state index contributed by atoms with van der Waals surface area (Å²) in [5.41, 5.74) is 3.03. The van der Waals surface area contributed by atoms with Gasteiger partial charge in [-0.3, -0.25) is 0 Å². The molecule has 4 rings (SSSR count). The molecule has 1 aliphatic rings. The van der Waals surface area contributed by atoms with Gasteiger partial charge in [0.25, 0.3) is 0 Å². The van der Waals surface area contributed by atoms with Crippen molar-refractivity contribution in [2.24, 2.45) is 0 Å². The molecular formula is C25H25NO3S. The highest BCUT2D eigenvalue weighted by molar-refractivity contribution is 7.89. The highest BCUT2D eigenvalue weighted by Gasteiger charge is 2.39. The molecule has 0 spiro atoms. The van der Waals surface area contributed by atoms with Gasteiger partial charge in [-0.1, -0.05) is 90.5 Å². The van der Waals surface area contributed by atoms with Crippen molar-refractivity contribution >= 4 is 10.0 Å². The summed E-state index contributed by atoms with van der Waals surface area (Å²) in [7, 11) is -3.71. The molecule has 0 amide bonds. The van der Waals surface area contributed by atoms with E-state index in [9.17, 15) is 8.42 Å². The lowest BCUT2D eigenvalue weighted by Crippen LogP contribution is -2.40. The Balaban J connectivity index is 1.60. The normalized spacial score (nSPS) is 19.2. The molecule has 0 radical (unpaired) electrons. The minimum absolute atomic E-state index is 0.291. The van der Waals surface area contributed by atoms with Crippen molar-refractivity contribution in [3.8, 4) is 0 Å². The van der Waals surface area contributed by atoms with Gasteiger partial charge < -0.3 is 4.74 Å². The van der Waals surface area contributed by atoms with Crippen LogP contribution in [0.15, 0.2) is 102 Å². The predicted octanol–water partition coefficient (Wildman–Crippen LogP) is 4.88. The Kier molecular flexibility index (Phi) is 6.13. The summed E-state index contributed by atoms with van der Waals surface area (Å²) in [6.45, 7) is 2.68. The molecule has 4 nitrogen and oxygen atoms in total. The molecule has 3 aromatic rings. The molecule has 0 bridgehead atoms. The molecule has 0 unspecified atom stereocenters. The molecule has 30 heavy (non-hydrogen) atoms. The maximum Gasteiger partial charge on any atom is 0.244 e. The molecule has 5 heteroatoms. The van der Waals surface area contributed by atoms with Crippen molar-refractivity contribution in [3.63, 3.8) is 0 Å². The second kappa shape index (κ2) is 8.96. The highest BCUT2D eigenvalue weighted by atomic mass is 32.2. The van der Waals surface area contributed by atoms with E-state index in [1.54, 1.807) is 16.4 Å². The Morgan fingerprint density at radius 2 is 1.47 bits per heavy atom. The fourth-order valence-electron chi connectivity index (χ4n) is 3.68. The lowest BCUT2D eigenvalue weighted by Gasteiger charge is -2.30. The van der Waals surface area contributed by atoms with Crippen LogP contribution < -0.4 is 0 Å². The van der Waals surface area contributed by atoms with Crippen LogP contribution in [0.1, 0.15) is 22.7 Å². The fourth-order valence-corrected chi connectivity index (χ4v) is 5.38. The first-order valence-corrected chi connectivity index (χ1v) is 11.4. The summed E-state index contributed by atoms with van der Waals surface area (Å²) in [6.07, 6.45) is 3.89. The van der Waals surface area contributed by atoms with Crippen LogP contribution in [-0.2, 0) is 21.4 Å². The van der Waals surface area contributed by atoms with Crippen LogP contribution in [0.2, 0.25) is 0 Å².